The monoisotopic (exact) mass is 270 g/mol. The largest absolute Gasteiger partial charge is 0.544 e. The van der Waals surface area contributed by atoms with Crippen molar-refractivity contribution in [2.45, 2.75) is 58.5 Å². The van der Waals surface area contributed by atoms with Gasteiger partial charge >= 0.3 is 0 Å². The smallest absolute Gasteiger partial charge is 0.245 e. The maximum Gasteiger partial charge on any atom is 0.245 e. The second-order valence-electron chi connectivity index (χ2n) is 5.82. The van der Waals surface area contributed by atoms with E-state index < -0.39 is 16.6 Å². The van der Waals surface area contributed by atoms with Crippen molar-refractivity contribution in [3.8, 4) is 0 Å². The van der Waals surface area contributed by atoms with Crippen LogP contribution in [-0.2, 0) is 8.85 Å². The molecule has 0 aromatic carbocycles. The second-order valence-corrected chi connectivity index (χ2v) is 14.7. The molecule has 0 aliphatic heterocycles. The Labute approximate surface area is 108 Å². The van der Waals surface area contributed by atoms with Crippen molar-refractivity contribution in [2.24, 2.45) is 0 Å². The normalized spacial score (nSPS) is 16.6. The van der Waals surface area contributed by atoms with Crippen LogP contribution in [0.4, 0.5) is 0 Å². The van der Waals surface area contributed by atoms with Crippen LogP contribution in [0.3, 0.4) is 0 Å². The Balaban J connectivity index is 2.76. The Morgan fingerprint density at radius 3 is 2.06 bits per heavy atom. The van der Waals surface area contributed by atoms with Gasteiger partial charge < -0.3 is 8.85 Å². The van der Waals surface area contributed by atoms with Gasteiger partial charge in [-0.3, -0.25) is 0 Å². The van der Waals surface area contributed by atoms with E-state index in [0.717, 1.165) is 30.0 Å². The molecule has 2 nitrogen and oxygen atoms in total. The lowest BCUT2D eigenvalue weighted by atomic mass is 10.4. The van der Waals surface area contributed by atoms with Gasteiger partial charge in [0.25, 0.3) is 0 Å². The van der Waals surface area contributed by atoms with Gasteiger partial charge in [-0.1, -0.05) is 19.9 Å². The fourth-order valence-electron chi connectivity index (χ4n) is 1.42. The fraction of sp³-hybridized carbons (Fsp3) is 0.692. The van der Waals surface area contributed by atoms with Gasteiger partial charge in [0.1, 0.15) is 11.5 Å². The van der Waals surface area contributed by atoms with E-state index in [9.17, 15) is 0 Å². The molecule has 4 heteroatoms. The van der Waals surface area contributed by atoms with Crippen molar-refractivity contribution in [3.05, 3.63) is 23.7 Å². The van der Waals surface area contributed by atoms with Crippen LogP contribution in [0.5, 0.6) is 0 Å². The molecule has 0 aromatic rings. The van der Waals surface area contributed by atoms with Gasteiger partial charge in [-0.15, -0.1) is 0 Å². The van der Waals surface area contributed by atoms with Gasteiger partial charge in [-0.25, -0.2) is 0 Å². The molecule has 0 bridgehead atoms. The zero-order chi connectivity index (χ0) is 13.1. The summed E-state index contributed by atoms with van der Waals surface area (Å²) in [6, 6.07) is 2.27. The molecule has 0 saturated heterocycles. The third-order valence-corrected chi connectivity index (χ3v) is 8.31. The second kappa shape index (κ2) is 5.44. The molecular weight excluding hydrogens is 244 g/mol. The summed E-state index contributed by atoms with van der Waals surface area (Å²) < 4.78 is 12.4. The minimum absolute atomic E-state index is 0.903. The third kappa shape index (κ3) is 4.35. The molecule has 0 fully saturated rings. The zero-order valence-electron chi connectivity index (χ0n) is 12.1. The highest BCUT2D eigenvalue weighted by molar-refractivity contribution is 6.71. The molecule has 0 atom stereocenters. The molecule has 0 spiro atoms. The molecule has 1 rings (SSSR count). The molecule has 0 amide bonds. The lowest BCUT2D eigenvalue weighted by Gasteiger charge is -2.27. The summed E-state index contributed by atoms with van der Waals surface area (Å²) in [7, 11) is -3.08. The van der Waals surface area contributed by atoms with E-state index in [2.05, 4.69) is 52.2 Å². The number of rotatable bonds is 6. The minimum atomic E-state index is -1.54. The van der Waals surface area contributed by atoms with Gasteiger partial charge in [-0.05, 0) is 44.4 Å². The first-order valence-electron chi connectivity index (χ1n) is 6.57. The van der Waals surface area contributed by atoms with Crippen molar-refractivity contribution in [3.63, 3.8) is 0 Å². The van der Waals surface area contributed by atoms with E-state index in [1.165, 1.54) is 0 Å². The molecule has 1 aliphatic carbocycles. The highest BCUT2D eigenvalue weighted by atomic mass is 28.4. The van der Waals surface area contributed by atoms with Crippen LogP contribution in [0.15, 0.2) is 23.7 Å². The fourth-order valence-corrected chi connectivity index (χ4v) is 3.34. The van der Waals surface area contributed by atoms with Crippen LogP contribution in [0.25, 0.3) is 0 Å². The lowest BCUT2D eigenvalue weighted by molar-refractivity contribution is 0.349. The molecule has 1 aliphatic rings. The summed E-state index contributed by atoms with van der Waals surface area (Å²) in [6.07, 6.45) is 5.13. The van der Waals surface area contributed by atoms with Crippen LogP contribution in [0.1, 0.15) is 20.3 Å². The Hall–Kier alpha value is -0.486. The van der Waals surface area contributed by atoms with E-state index >= 15 is 0 Å². The van der Waals surface area contributed by atoms with Crippen LogP contribution >= 0.6 is 0 Å². The molecular formula is C13H26O2Si2. The van der Waals surface area contributed by atoms with Gasteiger partial charge in [0.15, 0.2) is 0 Å². The molecule has 0 N–H and O–H groups in total. The van der Waals surface area contributed by atoms with Crippen molar-refractivity contribution in [1.82, 2.24) is 0 Å². The molecule has 0 radical (unpaired) electrons. The lowest BCUT2D eigenvalue weighted by Crippen LogP contribution is -2.31. The molecule has 0 heterocycles. The van der Waals surface area contributed by atoms with Crippen molar-refractivity contribution >= 4 is 16.6 Å². The quantitative estimate of drug-likeness (QED) is 0.655. The predicted octanol–water partition coefficient (Wildman–Crippen LogP) is 4.64. The Bertz CT molecular complexity index is 330. The Morgan fingerprint density at radius 2 is 1.53 bits per heavy atom. The van der Waals surface area contributed by atoms with Crippen molar-refractivity contribution in [1.29, 1.82) is 0 Å². The summed E-state index contributed by atoms with van der Waals surface area (Å²) >= 11 is 0. The topological polar surface area (TPSA) is 18.5 Å². The maximum atomic E-state index is 6.20. The Morgan fingerprint density at radius 1 is 1.00 bits per heavy atom. The van der Waals surface area contributed by atoms with E-state index in [-0.39, 0.29) is 0 Å². The van der Waals surface area contributed by atoms with E-state index in [1.807, 2.05) is 0 Å². The number of allylic oxidation sites excluding steroid dienone is 2. The Kier molecular flexibility index (Phi) is 4.66. The molecule has 0 saturated carbocycles. The van der Waals surface area contributed by atoms with Crippen molar-refractivity contribution in [2.75, 3.05) is 0 Å². The van der Waals surface area contributed by atoms with Gasteiger partial charge in [0.05, 0.1) is 0 Å². The van der Waals surface area contributed by atoms with E-state index in [1.54, 1.807) is 0 Å². The standard InChI is InChI=1S/C13H26O2Si2/c1-7-16(3,4)14-12-10-9-11-13(12)15-17(5,6)8-2/h9-10H,7-8,11H2,1-6H3. The minimum Gasteiger partial charge on any atom is -0.544 e. The highest BCUT2D eigenvalue weighted by Crippen LogP contribution is 2.29. The molecule has 0 aromatic heterocycles. The summed E-state index contributed by atoms with van der Waals surface area (Å²) in [5.74, 6) is 2.06. The zero-order valence-corrected chi connectivity index (χ0v) is 14.1. The molecule has 0 unspecified atom stereocenters. The first kappa shape index (κ1) is 14.6. The van der Waals surface area contributed by atoms with Crippen LogP contribution in [0, 0.1) is 0 Å². The van der Waals surface area contributed by atoms with Crippen LogP contribution in [0.2, 0.25) is 38.3 Å². The average Bonchev–Trinajstić information content (AvgIpc) is 2.64. The summed E-state index contributed by atoms with van der Waals surface area (Å²) in [4.78, 5) is 0. The molecule has 98 valence electrons. The van der Waals surface area contributed by atoms with Crippen LogP contribution < -0.4 is 0 Å². The van der Waals surface area contributed by atoms with Crippen molar-refractivity contribution < 1.29 is 8.85 Å². The van der Waals surface area contributed by atoms with Crippen LogP contribution in [-0.4, -0.2) is 16.6 Å². The predicted molar refractivity (Wildman–Crippen MR) is 78.9 cm³/mol. The third-order valence-electron chi connectivity index (χ3n) is 3.34. The SMILES string of the molecule is CC[Si](C)(C)OC1=C(O[Si](C)(C)CC)CC=C1. The average molecular weight is 271 g/mol. The first-order valence-corrected chi connectivity index (χ1v) is 12.8. The summed E-state index contributed by atoms with van der Waals surface area (Å²) in [5.41, 5.74) is 0. The summed E-state index contributed by atoms with van der Waals surface area (Å²) in [6.45, 7) is 13.5. The van der Waals surface area contributed by atoms with E-state index in [4.69, 9.17) is 8.85 Å². The van der Waals surface area contributed by atoms with E-state index in [0.29, 0.717) is 0 Å². The highest BCUT2D eigenvalue weighted by Gasteiger charge is 2.28. The summed E-state index contributed by atoms with van der Waals surface area (Å²) in [5, 5.41) is 0. The maximum absolute atomic E-state index is 6.20. The van der Waals surface area contributed by atoms with Gasteiger partial charge in [-0.2, -0.15) is 0 Å². The van der Waals surface area contributed by atoms with Gasteiger partial charge in [0, 0.05) is 6.42 Å². The number of hydrogen-bond acceptors (Lipinski definition) is 2. The number of hydrogen-bond donors (Lipinski definition) is 0. The first-order chi connectivity index (χ1) is 7.79. The van der Waals surface area contributed by atoms with Gasteiger partial charge in [0.2, 0.25) is 16.6 Å². The molecule has 17 heavy (non-hydrogen) atoms.